The smallest absolute Gasteiger partial charge is 0.446 e. The Morgan fingerprint density at radius 3 is 2.18 bits per heavy atom. The third-order valence-corrected chi connectivity index (χ3v) is 2.27. The minimum Gasteiger partial charge on any atom is -0.476 e. The molecular weight excluding hydrogens is 269 g/mol. The van der Waals surface area contributed by atoms with Crippen molar-refractivity contribution >= 4 is 17.7 Å². The first-order valence-corrected chi connectivity index (χ1v) is 4.78. The van der Waals surface area contributed by atoms with Gasteiger partial charge in [-0.15, -0.1) is 0 Å². The number of carboxylic acid groups (broad SMARTS) is 1. The molecule has 0 spiro atoms. The molecule has 0 aliphatic rings. The Kier molecular flexibility index (Phi) is 3.60. The van der Waals surface area contributed by atoms with Gasteiger partial charge in [0.05, 0.1) is 0 Å². The van der Waals surface area contributed by atoms with E-state index >= 15 is 0 Å². The molecule has 0 aromatic carbocycles. The van der Waals surface area contributed by atoms with Crippen LogP contribution in [0.3, 0.4) is 0 Å². The summed E-state index contributed by atoms with van der Waals surface area (Å²) in [6.45, 7) is 0. The monoisotopic (exact) mass is 273 g/mol. The number of rotatable bonds is 3. The lowest BCUT2D eigenvalue weighted by molar-refractivity contribution is -0.166. The fourth-order valence-electron chi connectivity index (χ4n) is 0.870. The highest BCUT2D eigenvalue weighted by atomic mass is 32.2. The predicted octanol–water partition coefficient (Wildman–Crippen LogP) is 2.87. The number of aromatic nitrogens is 1. The maximum Gasteiger partial charge on any atom is 0.446 e. The summed E-state index contributed by atoms with van der Waals surface area (Å²) in [5.74, 6) is -6.64. The second kappa shape index (κ2) is 4.47. The number of carbonyl (C=O) groups is 1. The normalized spacial score (nSPS) is 12.5. The average Bonchev–Trinajstić information content (AvgIpc) is 2.15. The van der Waals surface area contributed by atoms with Crippen LogP contribution in [-0.2, 0) is 10.7 Å². The number of halogens is 5. The molecule has 0 radical (unpaired) electrons. The highest BCUT2D eigenvalue weighted by Crippen LogP contribution is 2.37. The van der Waals surface area contributed by atoms with Crippen molar-refractivity contribution in [1.29, 1.82) is 0 Å². The van der Waals surface area contributed by atoms with E-state index in [0.717, 1.165) is 6.07 Å². The lowest BCUT2D eigenvalue weighted by Crippen LogP contribution is -2.26. The fourth-order valence-corrected chi connectivity index (χ4v) is 1.38. The van der Waals surface area contributed by atoms with Crippen molar-refractivity contribution in [3.8, 4) is 0 Å². The third kappa shape index (κ3) is 3.55. The second-order valence-corrected chi connectivity index (χ2v) is 3.94. The van der Waals surface area contributed by atoms with Crippen molar-refractivity contribution in [2.75, 3.05) is 0 Å². The Hall–Kier alpha value is -1.38. The molecule has 1 aromatic heterocycles. The van der Waals surface area contributed by atoms with Gasteiger partial charge in [-0.1, -0.05) is 0 Å². The first-order chi connectivity index (χ1) is 7.63. The van der Waals surface area contributed by atoms with Gasteiger partial charge in [-0.3, -0.25) is 4.98 Å². The zero-order chi connectivity index (χ0) is 13.3. The number of carboxylic acids is 1. The molecule has 0 unspecified atom stereocenters. The molecule has 0 fully saturated rings. The van der Waals surface area contributed by atoms with Crippen molar-refractivity contribution in [3.05, 3.63) is 24.0 Å². The van der Waals surface area contributed by atoms with Crippen LogP contribution >= 0.6 is 11.8 Å². The number of hydrogen-bond acceptors (Lipinski definition) is 3. The number of hydrogen-bond donors (Lipinski definition) is 1. The van der Waals surface area contributed by atoms with Gasteiger partial charge in [-0.25, -0.2) is 4.79 Å². The van der Waals surface area contributed by atoms with Crippen molar-refractivity contribution in [3.63, 3.8) is 0 Å². The fraction of sp³-hybridized carbons (Fsp3) is 0.250. The summed E-state index contributed by atoms with van der Waals surface area (Å²) in [5, 5.41) is 8.18. The summed E-state index contributed by atoms with van der Waals surface area (Å²) in [6.07, 6.45) is 0.546. The molecule has 1 N–H and O–H groups in total. The van der Waals surface area contributed by atoms with E-state index in [-0.39, 0.29) is 0 Å². The Bertz CT molecular complexity index is 417. The van der Waals surface area contributed by atoms with Crippen LogP contribution in [0.2, 0.25) is 0 Å². The van der Waals surface area contributed by atoms with Crippen LogP contribution in [0.5, 0.6) is 0 Å². The lowest BCUT2D eigenvalue weighted by Gasteiger charge is -2.11. The largest absolute Gasteiger partial charge is 0.476 e. The molecule has 94 valence electrons. The SMILES string of the molecule is O=C(O)C(F)(F)c1ccc(SC(F)(F)F)cn1. The van der Waals surface area contributed by atoms with E-state index < -0.39 is 39.8 Å². The topological polar surface area (TPSA) is 50.2 Å². The number of pyridine rings is 1. The molecule has 0 saturated heterocycles. The van der Waals surface area contributed by atoms with Gasteiger partial charge in [0.1, 0.15) is 5.69 Å². The van der Waals surface area contributed by atoms with Gasteiger partial charge < -0.3 is 5.11 Å². The van der Waals surface area contributed by atoms with Gasteiger partial charge in [0, 0.05) is 11.1 Å². The van der Waals surface area contributed by atoms with Crippen LogP contribution in [0, 0.1) is 0 Å². The molecule has 0 atom stereocenters. The quantitative estimate of drug-likeness (QED) is 0.679. The minimum absolute atomic E-state index is 0.401. The first-order valence-electron chi connectivity index (χ1n) is 3.96. The Balaban J connectivity index is 2.93. The number of thioether (sulfide) groups is 1. The summed E-state index contributed by atoms with van der Waals surface area (Å²) in [7, 11) is 0. The van der Waals surface area contributed by atoms with Crippen molar-refractivity contribution in [1.82, 2.24) is 4.98 Å². The molecule has 17 heavy (non-hydrogen) atoms. The van der Waals surface area contributed by atoms with Gasteiger partial charge in [0.2, 0.25) is 0 Å². The highest BCUT2D eigenvalue weighted by molar-refractivity contribution is 8.00. The molecular formula is C8H4F5NO2S. The zero-order valence-electron chi connectivity index (χ0n) is 7.83. The first kappa shape index (κ1) is 13.7. The summed E-state index contributed by atoms with van der Waals surface area (Å²) >= 11 is -0.526. The van der Waals surface area contributed by atoms with Gasteiger partial charge in [-0.2, -0.15) is 22.0 Å². The Labute approximate surface area is 95.7 Å². The summed E-state index contributed by atoms with van der Waals surface area (Å²) < 4.78 is 61.4. The predicted molar refractivity (Wildman–Crippen MR) is 47.7 cm³/mol. The van der Waals surface area contributed by atoms with Gasteiger partial charge in [0.15, 0.2) is 0 Å². The van der Waals surface area contributed by atoms with Crippen molar-refractivity contribution < 1.29 is 31.9 Å². The van der Waals surface area contributed by atoms with E-state index in [4.69, 9.17) is 5.11 Å². The number of aliphatic carboxylic acids is 1. The third-order valence-electron chi connectivity index (χ3n) is 1.56. The molecule has 0 saturated carbocycles. The molecule has 9 heteroatoms. The van der Waals surface area contributed by atoms with E-state index in [0.29, 0.717) is 12.3 Å². The maximum absolute atomic E-state index is 12.9. The second-order valence-electron chi connectivity index (χ2n) is 2.81. The van der Waals surface area contributed by atoms with E-state index in [1.165, 1.54) is 0 Å². The lowest BCUT2D eigenvalue weighted by atomic mass is 10.2. The summed E-state index contributed by atoms with van der Waals surface area (Å²) in [6, 6.07) is 1.28. The molecule has 0 aliphatic heterocycles. The van der Waals surface area contributed by atoms with Crippen molar-refractivity contribution in [2.45, 2.75) is 16.3 Å². The van der Waals surface area contributed by atoms with E-state index in [1.807, 2.05) is 0 Å². The molecule has 0 aliphatic carbocycles. The standard InChI is InChI=1S/C8H4F5NO2S/c9-7(10,6(15)16)5-2-1-4(3-14-5)17-8(11,12)13/h1-3H,(H,15,16). The number of nitrogens with zero attached hydrogens (tertiary/aromatic N) is 1. The highest BCUT2D eigenvalue weighted by Gasteiger charge is 2.42. The van der Waals surface area contributed by atoms with Crippen LogP contribution in [0.1, 0.15) is 5.69 Å². The Morgan fingerprint density at radius 2 is 1.82 bits per heavy atom. The molecule has 3 nitrogen and oxygen atoms in total. The van der Waals surface area contributed by atoms with E-state index in [2.05, 4.69) is 4.98 Å². The molecule has 1 rings (SSSR count). The van der Waals surface area contributed by atoms with Gasteiger partial charge in [-0.05, 0) is 23.9 Å². The van der Waals surface area contributed by atoms with Gasteiger partial charge in [0.25, 0.3) is 0 Å². The van der Waals surface area contributed by atoms with Crippen LogP contribution in [0.15, 0.2) is 23.2 Å². The number of alkyl halides is 5. The van der Waals surface area contributed by atoms with Gasteiger partial charge >= 0.3 is 17.4 Å². The summed E-state index contributed by atoms with van der Waals surface area (Å²) in [5.41, 5.74) is -5.67. The van der Waals surface area contributed by atoms with Crippen LogP contribution in [-0.4, -0.2) is 21.6 Å². The zero-order valence-corrected chi connectivity index (χ0v) is 8.65. The van der Waals surface area contributed by atoms with E-state index in [1.54, 1.807) is 0 Å². The molecule has 1 heterocycles. The molecule has 0 bridgehead atoms. The van der Waals surface area contributed by atoms with E-state index in [9.17, 15) is 26.7 Å². The average molecular weight is 273 g/mol. The van der Waals surface area contributed by atoms with Crippen molar-refractivity contribution in [2.24, 2.45) is 0 Å². The molecule has 1 aromatic rings. The maximum atomic E-state index is 12.9. The van der Waals surface area contributed by atoms with Crippen LogP contribution in [0.4, 0.5) is 22.0 Å². The molecule has 0 amide bonds. The van der Waals surface area contributed by atoms with Crippen LogP contribution < -0.4 is 0 Å². The Morgan fingerprint density at radius 1 is 1.24 bits per heavy atom. The minimum atomic E-state index is -4.56. The summed E-state index contributed by atoms with van der Waals surface area (Å²) in [4.78, 5) is 12.8. The van der Waals surface area contributed by atoms with Crippen LogP contribution in [0.25, 0.3) is 0 Å².